The number of carboxylic acids is 1. The van der Waals surface area contributed by atoms with Crippen molar-refractivity contribution in [2.24, 2.45) is 5.41 Å². The van der Waals surface area contributed by atoms with Crippen molar-refractivity contribution in [1.82, 2.24) is 0 Å². The number of carbonyl (C=O) groups is 1. The van der Waals surface area contributed by atoms with Gasteiger partial charge in [-0.1, -0.05) is 11.6 Å². The van der Waals surface area contributed by atoms with Gasteiger partial charge in [0, 0.05) is 11.4 Å². The highest BCUT2D eigenvalue weighted by Gasteiger charge is 2.42. The molecule has 0 saturated heterocycles. The molecule has 1 atom stereocenters. The number of hydrogen-bond acceptors (Lipinski definition) is 2. The first-order valence-corrected chi connectivity index (χ1v) is 5.47. The summed E-state index contributed by atoms with van der Waals surface area (Å²) < 4.78 is 5.65. The van der Waals surface area contributed by atoms with Crippen LogP contribution in [0.25, 0.3) is 0 Å². The van der Waals surface area contributed by atoms with Gasteiger partial charge in [0.2, 0.25) is 0 Å². The Morgan fingerprint density at radius 1 is 1.56 bits per heavy atom. The van der Waals surface area contributed by atoms with Gasteiger partial charge in [-0.2, -0.15) is 0 Å². The minimum absolute atomic E-state index is 0.335. The third-order valence-corrected chi connectivity index (χ3v) is 3.29. The Hall–Kier alpha value is -1.22. The second-order valence-electron chi connectivity index (χ2n) is 4.59. The molecule has 0 amide bonds. The first kappa shape index (κ1) is 11.3. The lowest BCUT2D eigenvalue weighted by Gasteiger charge is -2.25. The molecule has 2 rings (SSSR count). The zero-order valence-electron chi connectivity index (χ0n) is 9.16. The Kier molecular flexibility index (Phi) is 2.58. The third kappa shape index (κ3) is 1.76. The van der Waals surface area contributed by atoms with Crippen molar-refractivity contribution < 1.29 is 14.6 Å². The molecular weight excluding hydrogens is 228 g/mol. The van der Waals surface area contributed by atoms with Crippen LogP contribution in [0, 0.1) is 5.41 Å². The molecule has 4 heteroatoms. The first-order valence-electron chi connectivity index (χ1n) is 5.10. The van der Waals surface area contributed by atoms with Gasteiger partial charge in [-0.25, -0.2) is 0 Å². The van der Waals surface area contributed by atoms with Crippen molar-refractivity contribution in [3.05, 3.63) is 28.8 Å². The molecule has 0 bridgehead atoms. The predicted octanol–water partition coefficient (Wildman–Crippen LogP) is 2.75. The fourth-order valence-electron chi connectivity index (χ4n) is 1.76. The number of aliphatic carboxylic acids is 1. The van der Waals surface area contributed by atoms with Gasteiger partial charge in [-0.3, -0.25) is 4.79 Å². The van der Waals surface area contributed by atoms with Crippen LogP contribution in [0.3, 0.4) is 0 Å². The Morgan fingerprint density at radius 2 is 2.25 bits per heavy atom. The molecule has 1 heterocycles. The Labute approximate surface area is 99.0 Å². The zero-order chi connectivity index (χ0) is 11.9. The lowest BCUT2D eigenvalue weighted by atomic mass is 9.84. The summed E-state index contributed by atoms with van der Waals surface area (Å²) >= 11 is 5.88. The maximum absolute atomic E-state index is 11.1. The van der Waals surface area contributed by atoms with Gasteiger partial charge in [-0.15, -0.1) is 0 Å². The molecule has 0 spiro atoms. The van der Waals surface area contributed by atoms with E-state index in [4.69, 9.17) is 21.4 Å². The molecule has 0 radical (unpaired) electrons. The van der Waals surface area contributed by atoms with Gasteiger partial charge in [0.05, 0.1) is 5.41 Å². The van der Waals surface area contributed by atoms with Crippen LogP contribution in [0.5, 0.6) is 5.75 Å². The topological polar surface area (TPSA) is 46.5 Å². The molecule has 1 aromatic rings. The summed E-state index contributed by atoms with van der Waals surface area (Å²) in [6.45, 7) is 3.35. The molecule has 0 aliphatic carbocycles. The third-order valence-electron chi connectivity index (χ3n) is 3.05. The highest BCUT2D eigenvalue weighted by molar-refractivity contribution is 6.30. The number of fused-ring (bicyclic) bond motifs is 1. The molecule has 1 aliphatic rings. The van der Waals surface area contributed by atoms with Gasteiger partial charge in [-0.05, 0) is 37.6 Å². The normalized spacial score (nSPS) is 19.1. The van der Waals surface area contributed by atoms with E-state index < -0.39 is 11.4 Å². The number of rotatable bonds is 2. The first-order chi connectivity index (χ1) is 7.41. The lowest BCUT2D eigenvalue weighted by Crippen LogP contribution is -2.40. The fraction of sp³-hybridized carbons (Fsp3) is 0.417. The van der Waals surface area contributed by atoms with E-state index in [-0.39, 0.29) is 6.10 Å². The van der Waals surface area contributed by atoms with E-state index >= 15 is 0 Å². The van der Waals surface area contributed by atoms with E-state index in [9.17, 15) is 4.79 Å². The van der Waals surface area contributed by atoms with E-state index in [1.54, 1.807) is 26.0 Å². The maximum Gasteiger partial charge on any atom is 0.312 e. The molecule has 3 nitrogen and oxygen atoms in total. The van der Waals surface area contributed by atoms with Crippen molar-refractivity contribution >= 4 is 17.6 Å². The maximum atomic E-state index is 11.1. The number of benzene rings is 1. The second kappa shape index (κ2) is 3.67. The van der Waals surface area contributed by atoms with Crippen LogP contribution in [0.2, 0.25) is 5.02 Å². The van der Waals surface area contributed by atoms with Crippen molar-refractivity contribution in [2.45, 2.75) is 26.4 Å². The molecular formula is C12H13ClO3. The van der Waals surface area contributed by atoms with Crippen molar-refractivity contribution in [3.63, 3.8) is 0 Å². The molecule has 1 unspecified atom stereocenters. The smallest absolute Gasteiger partial charge is 0.312 e. The Bertz CT molecular complexity index is 440. The number of hydrogen-bond donors (Lipinski definition) is 1. The number of carboxylic acid groups (broad SMARTS) is 1. The highest BCUT2D eigenvalue weighted by Crippen LogP contribution is 2.38. The molecule has 1 aliphatic heterocycles. The van der Waals surface area contributed by atoms with E-state index in [1.165, 1.54) is 0 Å². The molecule has 0 saturated carbocycles. The average Bonchev–Trinajstić information content (AvgIpc) is 2.60. The Morgan fingerprint density at radius 3 is 2.88 bits per heavy atom. The van der Waals surface area contributed by atoms with Crippen LogP contribution in [0.1, 0.15) is 19.4 Å². The summed E-state index contributed by atoms with van der Waals surface area (Å²) in [5.74, 6) is -0.111. The summed E-state index contributed by atoms with van der Waals surface area (Å²) in [5.41, 5.74) is 0.0812. The summed E-state index contributed by atoms with van der Waals surface area (Å²) in [5, 5.41) is 9.78. The van der Waals surface area contributed by atoms with Crippen molar-refractivity contribution in [2.75, 3.05) is 0 Å². The molecule has 0 aromatic heterocycles. The van der Waals surface area contributed by atoms with Gasteiger partial charge in [0.15, 0.2) is 0 Å². The van der Waals surface area contributed by atoms with Crippen LogP contribution in [0.4, 0.5) is 0 Å². The van der Waals surface area contributed by atoms with Crippen molar-refractivity contribution in [1.29, 1.82) is 0 Å². The van der Waals surface area contributed by atoms with Crippen LogP contribution in [-0.2, 0) is 11.2 Å². The standard InChI is InChI=1S/C12H13ClO3/c1-12(2,11(14)15)10-6-7-5-8(13)3-4-9(7)16-10/h3-5,10H,6H2,1-2H3,(H,14,15). The predicted molar refractivity (Wildman–Crippen MR) is 61.0 cm³/mol. The number of ether oxygens (including phenoxy) is 1. The van der Waals surface area contributed by atoms with Crippen LogP contribution < -0.4 is 4.74 Å². The van der Waals surface area contributed by atoms with Gasteiger partial charge >= 0.3 is 5.97 Å². The minimum Gasteiger partial charge on any atom is -0.489 e. The lowest BCUT2D eigenvalue weighted by molar-refractivity contribution is -0.151. The average molecular weight is 241 g/mol. The molecule has 1 aromatic carbocycles. The van der Waals surface area contributed by atoms with Crippen LogP contribution in [0.15, 0.2) is 18.2 Å². The molecule has 16 heavy (non-hydrogen) atoms. The van der Waals surface area contributed by atoms with E-state index in [1.807, 2.05) is 6.07 Å². The summed E-state index contributed by atoms with van der Waals surface area (Å²) in [7, 11) is 0. The van der Waals surface area contributed by atoms with Gasteiger partial charge in [0.1, 0.15) is 11.9 Å². The summed E-state index contributed by atoms with van der Waals surface area (Å²) in [4.78, 5) is 11.1. The summed E-state index contributed by atoms with van der Waals surface area (Å²) in [6.07, 6.45) is 0.258. The molecule has 0 fully saturated rings. The minimum atomic E-state index is -0.897. The largest absolute Gasteiger partial charge is 0.489 e. The second-order valence-corrected chi connectivity index (χ2v) is 5.03. The quantitative estimate of drug-likeness (QED) is 0.865. The van der Waals surface area contributed by atoms with Crippen molar-refractivity contribution in [3.8, 4) is 5.75 Å². The molecule has 86 valence electrons. The van der Waals surface area contributed by atoms with E-state index in [2.05, 4.69) is 0 Å². The van der Waals surface area contributed by atoms with E-state index in [0.717, 1.165) is 11.3 Å². The zero-order valence-corrected chi connectivity index (χ0v) is 9.91. The SMILES string of the molecule is CC(C)(C(=O)O)C1Cc2cc(Cl)ccc2O1. The summed E-state index contributed by atoms with van der Waals surface area (Å²) in [6, 6.07) is 5.36. The highest BCUT2D eigenvalue weighted by atomic mass is 35.5. The fourth-order valence-corrected chi connectivity index (χ4v) is 1.95. The van der Waals surface area contributed by atoms with E-state index in [0.29, 0.717) is 11.4 Å². The number of halogens is 1. The van der Waals surface area contributed by atoms with Crippen LogP contribution in [-0.4, -0.2) is 17.2 Å². The van der Waals surface area contributed by atoms with Gasteiger partial charge < -0.3 is 9.84 Å². The Balaban J connectivity index is 2.26. The van der Waals surface area contributed by atoms with Gasteiger partial charge in [0.25, 0.3) is 0 Å². The molecule has 1 N–H and O–H groups in total. The monoisotopic (exact) mass is 240 g/mol. The van der Waals surface area contributed by atoms with Crippen LogP contribution >= 0.6 is 11.6 Å².